The largest absolute Gasteiger partial charge is 0.489 e. The van der Waals surface area contributed by atoms with Gasteiger partial charge in [-0.15, -0.1) is 0 Å². The molecular weight excluding hydrogens is 963 g/mol. The molecule has 19 nitrogen and oxygen atoms in total. The van der Waals surface area contributed by atoms with E-state index in [0.29, 0.717) is 77.0 Å². The van der Waals surface area contributed by atoms with Crippen molar-refractivity contribution in [1.29, 1.82) is 0 Å². The fourth-order valence-electron chi connectivity index (χ4n) is 9.18. The number of carbonyl (C=O) groups excluding carboxylic acids is 5. The molecule has 2 saturated carbocycles. The minimum absolute atomic E-state index is 0.0202. The molecule has 1 saturated heterocycles. The third-order valence-electron chi connectivity index (χ3n) is 13.0. The standard InChI is InChI=1S/C50H59F4N9O10/c1-63-44(66)26-38(45(63)31-5-2-17-55-27-31)47(68)57-19-22-71-37-14-12-36(13-15-37)70-20-3-6-42(64)60-34-10-7-30(8-11-34)46(67)56-18-4-21-72-41-24-33(51)9-16-40(41)73-49-39(23-32(28-58-49)50(52,53)54)48(69)61-35-25-43(65)62-59-29-35/h2,5,9,16-17,23-25,27-30,34,36-38,45H,3-4,6-8,10-15,18-22,26H2,1H3,(H,56,67)(H,57,68)(H,60,64)(H2,61,62,65,69)/t30?,34?,36?,37?,38-,45+/m0/s1. The number of anilines is 1. The van der Waals surface area contributed by atoms with Crippen LogP contribution in [0.2, 0.25) is 0 Å². The summed E-state index contributed by atoms with van der Waals surface area (Å²) in [4.78, 5) is 85.4. The van der Waals surface area contributed by atoms with Gasteiger partial charge in [0.25, 0.3) is 11.5 Å². The molecule has 4 aromatic rings. The molecule has 23 heteroatoms. The van der Waals surface area contributed by atoms with Crippen molar-refractivity contribution in [1.82, 2.24) is 41.0 Å². The van der Waals surface area contributed by atoms with E-state index in [0.717, 1.165) is 61.7 Å². The number of pyridine rings is 2. The van der Waals surface area contributed by atoms with Crippen LogP contribution in [-0.2, 0) is 34.8 Å². The van der Waals surface area contributed by atoms with Crippen molar-refractivity contribution in [3.8, 4) is 17.4 Å². The van der Waals surface area contributed by atoms with E-state index in [1.165, 1.54) is 0 Å². The number of alkyl halides is 3. The summed E-state index contributed by atoms with van der Waals surface area (Å²) in [7, 11) is 1.71. The van der Waals surface area contributed by atoms with Crippen molar-refractivity contribution >= 4 is 35.2 Å². The summed E-state index contributed by atoms with van der Waals surface area (Å²) in [5, 5.41) is 16.8. The van der Waals surface area contributed by atoms with E-state index in [1.807, 2.05) is 6.07 Å². The number of nitrogens with one attached hydrogen (secondary N) is 5. The summed E-state index contributed by atoms with van der Waals surface area (Å²) in [6.07, 6.45) is 7.35. The van der Waals surface area contributed by atoms with Crippen LogP contribution in [0.25, 0.3) is 0 Å². The Morgan fingerprint density at radius 1 is 0.822 bits per heavy atom. The molecule has 1 aliphatic heterocycles. The number of amides is 5. The van der Waals surface area contributed by atoms with Gasteiger partial charge in [0, 0.05) is 82.3 Å². The van der Waals surface area contributed by atoms with Gasteiger partial charge in [-0.2, -0.15) is 18.3 Å². The fourth-order valence-corrected chi connectivity index (χ4v) is 9.18. The number of hydrogen-bond donors (Lipinski definition) is 5. The molecule has 0 unspecified atom stereocenters. The summed E-state index contributed by atoms with van der Waals surface area (Å²) in [6, 6.07) is 7.94. The predicted molar refractivity (Wildman–Crippen MR) is 254 cm³/mol. The number of halogens is 4. The lowest BCUT2D eigenvalue weighted by Crippen LogP contribution is -2.41. The van der Waals surface area contributed by atoms with Gasteiger partial charge in [0.15, 0.2) is 11.5 Å². The van der Waals surface area contributed by atoms with E-state index in [2.05, 4.69) is 41.4 Å². The van der Waals surface area contributed by atoms with Gasteiger partial charge in [-0.05, 0) is 94.0 Å². The molecule has 2 atom stereocenters. The highest BCUT2D eigenvalue weighted by molar-refractivity contribution is 6.06. The topological polar surface area (TPSA) is 245 Å². The molecule has 2 aliphatic carbocycles. The van der Waals surface area contributed by atoms with Crippen LogP contribution in [0.5, 0.6) is 17.4 Å². The predicted octanol–water partition coefficient (Wildman–Crippen LogP) is 5.78. The molecule has 0 bridgehead atoms. The Bertz CT molecular complexity index is 2590. The number of rotatable bonds is 22. The number of hydrogen-bond acceptors (Lipinski definition) is 13. The minimum atomic E-state index is -4.86. The van der Waals surface area contributed by atoms with Crippen molar-refractivity contribution < 1.29 is 60.5 Å². The second-order valence-corrected chi connectivity index (χ2v) is 18.2. The number of benzene rings is 1. The Morgan fingerprint density at radius 2 is 1.56 bits per heavy atom. The first-order valence-corrected chi connectivity index (χ1v) is 24.4. The molecule has 3 fully saturated rings. The van der Waals surface area contributed by atoms with Crippen molar-refractivity contribution in [3.05, 3.63) is 100 Å². The van der Waals surface area contributed by atoms with Crippen LogP contribution in [0.3, 0.4) is 0 Å². The van der Waals surface area contributed by atoms with Crippen molar-refractivity contribution in [2.75, 3.05) is 45.3 Å². The van der Waals surface area contributed by atoms with Crippen LogP contribution in [0.15, 0.2) is 72.0 Å². The molecule has 5 amide bonds. The van der Waals surface area contributed by atoms with Gasteiger partial charge in [-0.25, -0.2) is 14.5 Å². The first kappa shape index (κ1) is 53.8. The Kier molecular flexibility index (Phi) is 18.8. The fraction of sp³-hybridized carbons (Fsp3) is 0.500. The van der Waals surface area contributed by atoms with Gasteiger partial charge in [-0.3, -0.25) is 33.8 Å². The molecule has 3 aromatic heterocycles. The number of H-pyrrole nitrogens is 1. The van der Waals surface area contributed by atoms with Crippen molar-refractivity contribution in [2.24, 2.45) is 11.8 Å². The van der Waals surface area contributed by atoms with Crippen LogP contribution in [0.1, 0.15) is 105 Å². The van der Waals surface area contributed by atoms with E-state index in [-0.39, 0.29) is 90.6 Å². The SMILES string of the molecule is CN1C(=O)C[C@H](C(=O)NCCOC2CCC(OCCCC(=O)NC3CCC(C(=O)NCCCOc4cc(F)ccc4Oc4ncc(C(F)(F)F)cc4C(=O)Nc4cn[nH]c(=O)c4)CC3)CC2)[C@H]1c1cccnc1. The number of aromatic nitrogens is 4. The third-order valence-corrected chi connectivity index (χ3v) is 13.0. The zero-order valence-corrected chi connectivity index (χ0v) is 40.2. The summed E-state index contributed by atoms with van der Waals surface area (Å²) in [5.74, 6) is -3.86. The second kappa shape index (κ2) is 25.6. The molecular formula is C50H59F4N9O10. The molecule has 5 N–H and O–H groups in total. The highest BCUT2D eigenvalue weighted by Crippen LogP contribution is 2.38. The Morgan fingerprint density at radius 3 is 2.27 bits per heavy atom. The maximum atomic E-state index is 14.3. The first-order chi connectivity index (χ1) is 35.1. The third kappa shape index (κ3) is 15.5. The molecule has 0 spiro atoms. The first-order valence-electron chi connectivity index (χ1n) is 24.4. The van der Waals surface area contributed by atoms with Crippen LogP contribution in [0, 0.1) is 17.7 Å². The van der Waals surface area contributed by atoms with E-state index < -0.39 is 46.4 Å². The van der Waals surface area contributed by atoms with Crippen molar-refractivity contribution in [2.45, 2.75) is 108 Å². The zero-order chi connectivity index (χ0) is 51.9. The molecule has 3 aliphatic rings. The number of likely N-dealkylation sites (tertiary alicyclic amines) is 1. The average Bonchev–Trinajstić information content (AvgIpc) is 3.68. The quantitative estimate of drug-likeness (QED) is 0.0464. The lowest BCUT2D eigenvalue weighted by molar-refractivity contribution is -0.138. The normalized spacial score (nSPS) is 21.0. The lowest BCUT2D eigenvalue weighted by Gasteiger charge is -2.29. The maximum absolute atomic E-state index is 14.3. The number of ether oxygens (including phenoxy) is 4. The van der Waals surface area contributed by atoms with Crippen molar-refractivity contribution in [3.63, 3.8) is 0 Å². The molecule has 7 rings (SSSR count). The van der Waals surface area contributed by atoms with E-state index in [9.17, 15) is 46.3 Å². The van der Waals surface area contributed by atoms with E-state index in [4.69, 9.17) is 18.9 Å². The monoisotopic (exact) mass is 1020 g/mol. The average molecular weight is 1020 g/mol. The van der Waals surface area contributed by atoms with Crippen LogP contribution in [-0.4, -0.2) is 113 Å². The van der Waals surface area contributed by atoms with E-state index in [1.54, 1.807) is 30.4 Å². The van der Waals surface area contributed by atoms with E-state index >= 15 is 0 Å². The van der Waals surface area contributed by atoms with Gasteiger partial charge in [0.2, 0.25) is 29.5 Å². The zero-order valence-electron chi connectivity index (χ0n) is 40.2. The Hall–Kier alpha value is -7.01. The van der Waals surface area contributed by atoms with Crippen LogP contribution < -0.4 is 36.3 Å². The van der Waals surface area contributed by atoms with Gasteiger partial charge >= 0.3 is 6.18 Å². The Labute approximate surface area is 417 Å². The van der Waals surface area contributed by atoms with Crippen LogP contribution in [0.4, 0.5) is 23.2 Å². The molecule has 392 valence electrons. The highest BCUT2D eigenvalue weighted by Gasteiger charge is 2.43. The molecule has 4 heterocycles. The van der Waals surface area contributed by atoms with Gasteiger partial charge < -0.3 is 45.1 Å². The number of aromatic amines is 1. The molecule has 0 radical (unpaired) electrons. The van der Waals surface area contributed by atoms with Gasteiger partial charge in [-0.1, -0.05) is 6.07 Å². The summed E-state index contributed by atoms with van der Waals surface area (Å²) in [5.41, 5.74) is -1.84. The lowest BCUT2D eigenvalue weighted by atomic mass is 9.85. The van der Waals surface area contributed by atoms with Crippen LogP contribution >= 0.6 is 0 Å². The second-order valence-electron chi connectivity index (χ2n) is 18.2. The molecule has 73 heavy (non-hydrogen) atoms. The number of nitrogens with zero attached hydrogens (tertiary/aromatic N) is 4. The smallest absolute Gasteiger partial charge is 0.417 e. The highest BCUT2D eigenvalue weighted by atomic mass is 19.4. The summed E-state index contributed by atoms with van der Waals surface area (Å²) < 4.78 is 78.7. The number of carbonyl (C=O) groups is 5. The Balaban J connectivity index is 0.737. The minimum Gasteiger partial charge on any atom is -0.489 e. The van der Waals surface area contributed by atoms with Gasteiger partial charge in [0.1, 0.15) is 11.4 Å². The van der Waals surface area contributed by atoms with Gasteiger partial charge in [0.05, 0.1) is 54.8 Å². The summed E-state index contributed by atoms with van der Waals surface area (Å²) in [6.45, 7) is 1.38. The maximum Gasteiger partial charge on any atom is 0.417 e. The molecule has 1 aromatic carbocycles. The summed E-state index contributed by atoms with van der Waals surface area (Å²) >= 11 is 0.